The van der Waals surface area contributed by atoms with Crippen molar-refractivity contribution in [2.75, 3.05) is 6.54 Å². The molecule has 4 aromatic carbocycles. The highest BCUT2D eigenvalue weighted by atomic mass is 16.5. The van der Waals surface area contributed by atoms with Gasteiger partial charge < -0.3 is 14.2 Å². The van der Waals surface area contributed by atoms with Crippen LogP contribution in [0.2, 0.25) is 0 Å². The van der Waals surface area contributed by atoms with E-state index in [2.05, 4.69) is 59.3 Å². The number of aromatic nitrogens is 1. The van der Waals surface area contributed by atoms with Crippen LogP contribution in [0.4, 0.5) is 0 Å². The van der Waals surface area contributed by atoms with Crippen LogP contribution in [0.15, 0.2) is 115 Å². The molecule has 2 heterocycles. The lowest BCUT2D eigenvalue weighted by atomic mass is 9.98. The van der Waals surface area contributed by atoms with E-state index >= 15 is 0 Å². The van der Waals surface area contributed by atoms with E-state index in [1.165, 1.54) is 0 Å². The Balaban J connectivity index is 1.34. The number of hydrogen-bond donors (Lipinski definition) is 0. The Morgan fingerprint density at radius 1 is 0.778 bits per heavy atom. The lowest BCUT2D eigenvalue weighted by Gasteiger charge is -2.31. The van der Waals surface area contributed by atoms with Crippen LogP contribution >= 0.6 is 0 Å². The minimum absolute atomic E-state index is 0.0656. The quantitative estimate of drug-likeness (QED) is 0.280. The third kappa shape index (κ3) is 4.27. The number of ether oxygens (including phenoxy) is 1. The molecule has 36 heavy (non-hydrogen) atoms. The van der Waals surface area contributed by atoms with E-state index in [4.69, 9.17) is 4.74 Å². The molecule has 1 amide bonds. The molecule has 178 valence electrons. The average Bonchev–Trinajstić information content (AvgIpc) is 3.32. The Morgan fingerprint density at radius 3 is 2.42 bits per heavy atom. The predicted molar refractivity (Wildman–Crippen MR) is 143 cm³/mol. The number of amides is 1. The lowest BCUT2D eigenvalue weighted by molar-refractivity contribution is 0.0711. The van der Waals surface area contributed by atoms with Gasteiger partial charge in [0.25, 0.3) is 5.91 Å². The number of hydrogen-bond acceptors (Lipinski definition) is 2. The summed E-state index contributed by atoms with van der Waals surface area (Å²) in [5, 5.41) is 2.08. The van der Waals surface area contributed by atoms with Gasteiger partial charge in [-0.25, -0.2) is 0 Å². The lowest BCUT2D eigenvalue weighted by Crippen LogP contribution is -2.35. The molecule has 0 radical (unpaired) electrons. The fraction of sp³-hybridized carbons (Fsp3) is 0.156. The van der Waals surface area contributed by atoms with Crippen molar-refractivity contribution in [1.82, 2.24) is 9.47 Å². The molecular formula is C32H28N2O2. The highest BCUT2D eigenvalue weighted by Crippen LogP contribution is 2.35. The molecule has 5 aromatic rings. The SMILES string of the molecule is O=C(c1cccc2ccccc12)N1CCCn2cccc2C1c1ccc(OCc2ccccc2)cc1. The van der Waals surface area contributed by atoms with E-state index in [0.29, 0.717) is 13.2 Å². The van der Waals surface area contributed by atoms with Crippen LogP contribution in [0.1, 0.15) is 39.6 Å². The minimum Gasteiger partial charge on any atom is -0.489 e. The standard InChI is InChI=1S/C32H28N2O2/c35-32(29-14-6-12-25-11-4-5-13-28(25)29)34-22-8-21-33-20-7-15-30(33)31(34)26-16-18-27(19-17-26)36-23-24-9-2-1-3-10-24/h1-7,9-20,31H,8,21-23H2. The Bertz CT molecular complexity index is 1480. The normalized spacial score (nSPS) is 15.3. The highest BCUT2D eigenvalue weighted by molar-refractivity contribution is 6.07. The molecule has 1 aromatic heterocycles. The maximum absolute atomic E-state index is 14.1. The molecule has 0 fully saturated rings. The predicted octanol–water partition coefficient (Wildman–Crippen LogP) is 6.86. The van der Waals surface area contributed by atoms with Gasteiger partial charge in [0.1, 0.15) is 12.4 Å². The molecule has 0 saturated carbocycles. The molecule has 0 aliphatic carbocycles. The molecule has 0 bridgehead atoms. The summed E-state index contributed by atoms with van der Waals surface area (Å²) in [5.41, 5.74) is 4.10. The Hall–Kier alpha value is -4.31. The maximum atomic E-state index is 14.1. The fourth-order valence-electron chi connectivity index (χ4n) is 5.20. The van der Waals surface area contributed by atoms with Crippen molar-refractivity contribution in [3.8, 4) is 5.75 Å². The number of aryl methyl sites for hydroxylation is 1. The summed E-state index contributed by atoms with van der Waals surface area (Å²) in [4.78, 5) is 16.1. The Morgan fingerprint density at radius 2 is 1.56 bits per heavy atom. The average molecular weight is 473 g/mol. The van der Waals surface area contributed by atoms with Crippen LogP contribution in [0.25, 0.3) is 10.8 Å². The van der Waals surface area contributed by atoms with Gasteiger partial charge >= 0.3 is 0 Å². The van der Waals surface area contributed by atoms with Crippen molar-refractivity contribution in [2.24, 2.45) is 0 Å². The molecular weight excluding hydrogens is 444 g/mol. The van der Waals surface area contributed by atoms with E-state index in [1.807, 2.05) is 65.6 Å². The van der Waals surface area contributed by atoms with Crippen LogP contribution in [-0.2, 0) is 13.2 Å². The topological polar surface area (TPSA) is 34.5 Å². The molecule has 6 rings (SSSR count). The van der Waals surface area contributed by atoms with E-state index in [0.717, 1.165) is 51.9 Å². The number of carbonyl (C=O) groups is 1. The van der Waals surface area contributed by atoms with Crippen LogP contribution in [0.3, 0.4) is 0 Å². The third-order valence-electron chi connectivity index (χ3n) is 6.98. The van der Waals surface area contributed by atoms with Gasteiger partial charge in [0.15, 0.2) is 0 Å². The van der Waals surface area contributed by atoms with Gasteiger partial charge in [-0.05, 0) is 58.7 Å². The summed E-state index contributed by atoms with van der Waals surface area (Å²) in [5.74, 6) is 0.884. The van der Waals surface area contributed by atoms with E-state index in [1.54, 1.807) is 0 Å². The number of benzene rings is 4. The number of nitrogens with zero attached hydrogens (tertiary/aromatic N) is 2. The second kappa shape index (κ2) is 9.74. The van der Waals surface area contributed by atoms with E-state index in [9.17, 15) is 4.79 Å². The van der Waals surface area contributed by atoms with E-state index in [-0.39, 0.29) is 11.9 Å². The molecule has 1 unspecified atom stereocenters. The Labute approximate surface area is 211 Å². The molecule has 1 atom stereocenters. The molecule has 1 aliphatic rings. The maximum Gasteiger partial charge on any atom is 0.255 e. The van der Waals surface area contributed by atoms with Crippen molar-refractivity contribution < 1.29 is 9.53 Å². The number of fused-ring (bicyclic) bond motifs is 2. The first kappa shape index (κ1) is 22.2. The first-order chi connectivity index (χ1) is 17.8. The van der Waals surface area contributed by atoms with E-state index < -0.39 is 0 Å². The van der Waals surface area contributed by atoms with Gasteiger partial charge in [-0.1, -0.05) is 78.9 Å². The molecule has 4 heteroatoms. The summed E-state index contributed by atoms with van der Waals surface area (Å²) in [7, 11) is 0. The molecule has 0 spiro atoms. The first-order valence-corrected chi connectivity index (χ1v) is 12.5. The smallest absolute Gasteiger partial charge is 0.255 e. The van der Waals surface area contributed by atoms with Crippen molar-refractivity contribution in [3.63, 3.8) is 0 Å². The van der Waals surface area contributed by atoms with Gasteiger partial charge in [-0.15, -0.1) is 0 Å². The third-order valence-corrected chi connectivity index (χ3v) is 6.98. The first-order valence-electron chi connectivity index (χ1n) is 12.5. The molecule has 4 nitrogen and oxygen atoms in total. The summed E-state index contributed by atoms with van der Waals surface area (Å²) in [6, 6.07) is 36.5. The van der Waals surface area contributed by atoms with Crippen molar-refractivity contribution in [3.05, 3.63) is 138 Å². The summed E-state index contributed by atoms with van der Waals surface area (Å²) in [6.45, 7) is 2.12. The van der Waals surface area contributed by atoms with Crippen LogP contribution in [0, 0.1) is 0 Å². The van der Waals surface area contributed by atoms with Crippen molar-refractivity contribution in [1.29, 1.82) is 0 Å². The van der Waals surface area contributed by atoms with Gasteiger partial charge in [-0.3, -0.25) is 4.79 Å². The fourth-order valence-corrected chi connectivity index (χ4v) is 5.20. The Kier molecular flexibility index (Phi) is 6.00. The van der Waals surface area contributed by atoms with Crippen LogP contribution in [0.5, 0.6) is 5.75 Å². The van der Waals surface area contributed by atoms with Gasteiger partial charge in [-0.2, -0.15) is 0 Å². The number of carbonyl (C=O) groups excluding carboxylic acids is 1. The second-order valence-corrected chi connectivity index (χ2v) is 9.25. The van der Waals surface area contributed by atoms with Crippen molar-refractivity contribution >= 4 is 16.7 Å². The molecule has 0 N–H and O–H groups in total. The zero-order chi connectivity index (χ0) is 24.3. The second-order valence-electron chi connectivity index (χ2n) is 9.25. The van der Waals surface area contributed by atoms with Crippen LogP contribution < -0.4 is 4.74 Å². The van der Waals surface area contributed by atoms with Crippen LogP contribution in [-0.4, -0.2) is 21.9 Å². The largest absolute Gasteiger partial charge is 0.489 e. The zero-order valence-electron chi connectivity index (χ0n) is 20.1. The van der Waals surface area contributed by atoms with Gasteiger partial charge in [0.2, 0.25) is 0 Å². The van der Waals surface area contributed by atoms with Crippen molar-refractivity contribution in [2.45, 2.75) is 25.6 Å². The molecule has 0 saturated heterocycles. The minimum atomic E-state index is -0.169. The zero-order valence-corrected chi connectivity index (χ0v) is 20.1. The highest BCUT2D eigenvalue weighted by Gasteiger charge is 2.32. The summed E-state index contributed by atoms with van der Waals surface area (Å²) >= 11 is 0. The van der Waals surface area contributed by atoms with Gasteiger partial charge in [0.05, 0.1) is 6.04 Å². The monoisotopic (exact) mass is 472 g/mol. The number of rotatable bonds is 5. The molecule has 1 aliphatic heterocycles. The van der Waals surface area contributed by atoms with Gasteiger partial charge in [0, 0.05) is 30.5 Å². The summed E-state index contributed by atoms with van der Waals surface area (Å²) in [6.07, 6.45) is 3.03. The summed E-state index contributed by atoms with van der Waals surface area (Å²) < 4.78 is 8.30.